The minimum atomic E-state index is 0.353. The summed E-state index contributed by atoms with van der Waals surface area (Å²) in [5, 5.41) is 25.0. The van der Waals surface area contributed by atoms with Crippen molar-refractivity contribution < 1.29 is 10.4 Å². The van der Waals surface area contributed by atoms with E-state index in [0.29, 0.717) is 17.8 Å². The Morgan fingerprint density at radius 3 is 2.10 bits per heavy atom. The van der Waals surface area contributed by atoms with Gasteiger partial charge in [0.05, 0.1) is 0 Å². The monoisotopic (exact) mass is 290 g/mol. The van der Waals surface area contributed by atoms with Gasteiger partial charge in [-0.1, -0.05) is 79.2 Å². The van der Waals surface area contributed by atoms with Crippen molar-refractivity contribution in [2.24, 2.45) is 10.3 Å². The first-order valence-corrected chi connectivity index (χ1v) is 7.73. The lowest BCUT2D eigenvalue weighted by molar-refractivity contribution is 0.313. The smallest absolute Gasteiger partial charge is 0.134 e. The lowest BCUT2D eigenvalue weighted by atomic mass is 10.00. The molecule has 1 aromatic carbocycles. The predicted molar refractivity (Wildman–Crippen MR) is 86.7 cm³/mol. The zero-order valence-electron chi connectivity index (χ0n) is 13.0. The van der Waals surface area contributed by atoms with Gasteiger partial charge in [-0.05, 0) is 19.8 Å². The highest BCUT2D eigenvalue weighted by atomic mass is 16.4. The van der Waals surface area contributed by atoms with Gasteiger partial charge in [0.1, 0.15) is 11.4 Å². The highest BCUT2D eigenvalue weighted by Gasteiger charge is 2.13. The molecule has 0 amide bonds. The third-order valence-corrected chi connectivity index (χ3v) is 3.59. The molecule has 4 heteroatoms. The number of rotatable bonds is 9. The molecule has 4 nitrogen and oxygen atoms in total. The molecule has 1 rings (SSSR count). The largest absolute Gasteiger partial charge is 0.411 e. The van der Waals surface area contributed by atoms with Crippen LogP contribution in [0.15, 0.2) is 34.6 Å². The lowest BCUT2D eigenvalue weighted by Crippen LogP contribution is -2.16. The lowest BCUT2D eigenvalue weighted by Gasteiger charge is -2.07. The zero-order chi connectivity index (χ0) is 15.5. The Hall–Kier alpha value is -1.84. The molecule has 0 aliphatic rings. The first-order valence-electron chi connectivity index (χ1n) is 7.73. The molecule has 1 aromatic rings. The van der Waals surface area contributed by atoms with Crippen molar-refractivity contribution in [3.05, 3.63) is 35.4 Å². The third-order valence-electron chi connectivity index (χ3n) is 3.59. The van der Waals surface area contributed by atoms with Crippen LogP contribution in [-0.4, -0.2) is 21.8 Å². The van der Waals surface area contributed by atoms with Crippen molar-refractivity contribution in [1.82, 2.24) is 0 Å². The molecule has 0 unspecified atom stereocenters. The second-order valence-electron chi connectivity index (χ2n) is 5.38. The van der Waals surface area contributed by atoms with Gasteiger partial charge in [0.25, 0.3) is 0 Å². The van der Waals surface area contributed by atoms with Crippen LogP contribution in [0.5, 0.6) is 0 Å². The van der Waals surface area contributed by atoms with Crippen molar-refractivity contribution in [3.8, 4) is 0 Å². The van der Waals surface area contributed by atoms with Crippen molar-refractivity contribution in [1.29, 1.82) is 0 Å². The van der Waals surface area contributed by atoms with E-state index in [1.165, 1.54) is 25.7 Å². The van der Waals surface area contributed by atoms with Crippen LogP contribution in [0.25, 0.3) is 0 Å². The van der Waals surface area contributed by atoms with E-state index in [9.17, 15) is 10.4 Å². The van der Waals surface area contributed by atoms with Gasteiger partial charge in [0.15, 0.2) is 0 Å². The second-order valence-corrected chi connectivity index (χ2v) is 5.38. The molecule has 0 radical (unpaired) electrons. The quantitative estimate of drug-likeness (QED) is 0.298. The van der Waals surface area contributed by atoms with Crippen LogP contribution in [0.1, 0.15) is 63.0 Å². The van der Waals surface area contributed by atoms with E-state index in [-0.39, 0.29) is 0 Å². The first kappa shape index (κ1) is 17.2. The first-order chi connectivity index (χ1) is 10.2. The average molecular weight is 290 g/mol. The molecule has 116 valence electrons. The van der Waals surface area contributed by atoms with Crippen LogP contribution in [0, 0.1) is 6.92 Å². The normalized spacial score (nSPS) is 12.7. The topological polar surface area (TPSA) is 65.2 Å². The van der Waals surface area contributed by atoms with Crippen LogP contribution in [-0.2, 0) is 0 Å². The standard InChI is InChI=1S/C17H26N2O2/c1-3-4-5-6-7-8-9-16(18-20)17(19-21)15-12-10-14(2)11-13-15/h10-13,20-21H,3-9H2,1-2H3/b18-16-,19-17-. The summed E-state index contributed by atoms with van der Waals surface area (Å²) in [7, 11) is 0. The van der Waals surface area contributed by atoms with Gasteiger partial charge in [-0.15, -0.1) is 0 Å². The number of oxime groups is 2. The zero-order valence-corrected chi connectivity index (χ0v) is 13.0. The second kappa shape index (κ2) is 9.97. The van der Waals surface area contributed by atoms with Crippen molar-refractivity contribution in [2.45, 2.75) is 58.8 Å². The number of hydrogen-bond donors (Lipinski definition) is 2. The summed E-state index contributed by atoms with van der Waals surface area (Å²) < 4.78 is 0. The number of aryl methyl sites for hydroxylation is 1. The Kier molecular flexibility index (Phi) is 8.17. The Morgan fingerprint density at radius 2 is 1.52 bits per heavy atom. The minimum Gasteiger partial charge on any atom is -0.411 e. The van der Waals surface area contributed by atoms with Crippen LogP contribution in [0.2, 0.25) is 0 Å². The average Bonchev–Trinajstić information content (AvgIpc) is 2.51. The number of unbranched alkanes of at least 4 members (excludes halogenated alkanes) is 5. The van der Waals surface area contributed by atoms with E-state index >= 15 is 0 Å². The number of benzene rings is 1. The maximum atomic E-state index is 9.22. The van der Waals surface area contributed by atoms with E-state index in [0.717, 1.165) is 24.0 Å². The summed E-state index contributed by atoms with van der Waals surface area (Å²) in [6.07, 6.45) is 7.62. The maximum absolute atomic E-state index is 9.22. The van der Waals surface area contributed by atoms with Crippen LogP contribution < -0.4 is 0 Å². The number of hydrogen-bond acceptors (Lipinski definition) is 4. The molecular formula is C17H26N2O2. The van der Waals surface area contributed by atoms with Gasteiger partial charge < -0.3 is 10.4 Å². The molecule has 0 fully saturated rings. The van der Waals surface area contributed by atoms with Crippen LogP contribution >= 0.6 is 0 Å². The minimum absolute atomic E-state index is 0.353. The Balaban J connectivity index is 2.55. The van der Waals surface area contributed by atoms with E-state index in [1.54, 1.807) is 0 Å². The summed E-state index contributed by atoms with van der Waals surface area (Å²) in [6, 6.07) is 7.63. The molecule has 0 aliphatic carbocycles. The summed E-state index contributed by atoms with van der Waals surface area (Å²) >= 11 is 0. The third kappa shape index (κ3) is 5.98. The van der Waals surface area contributed by atoms with Gasteiger partial charge in [0.2, 0.25) is 0 Å². The summed E-state index contributed by atoms with van der Waals surface area (Å²) in [6.45, 7) is 4.19. The fourth-order valence-corrected chi connectivity index (χ4v) is 2.28. The molecular weight excluding hydrogens is 264 g/mol. The predicted octanol–water partition coefficient (Wildman–Crippen LogP) is 4.75. The Bertz CT molecular complexity index is 464. The molecule has 0 bridgehead atoms. The Labute approximate surface area is 127 Å². The van der Waals surface area contributed by atoms with Crippen molar-refractivity contribution in [3.63, 3.8) is 0 Å². The fraction of sp³-hybridized carbons (Fsp3) is 0.529. The van der Waals surface area contributed by atoms with Crippen molar-refractivity contribution >= 4 is 11.4 Å². The molecule has 0 saturated heterocycles. The van der Waals surface area contributed by atoms with Gasteiger partial charge in [-0.2, -0.15) is 0 Å². The van der Waals surface area contributed by atoms with Gasteiger partial charge in [-0.3, -0.25) is 0 Å². The van der Waals surface area contributed by atoms with E-state index in [4.69, 9.17) is 0 Å². The van der Waals surface area contributed by atoms with E-state index < -0.39 is 0 Å². The Morgan fingerprint density at radius 1 is 0.905 bits per heavy atom. The van der Waals surface area contributed by atoms with Crippen LogP contribution in [0.3, 0.4) is 0 Å². The van der Waals surface area contributed by atoms with Gasteiger partial charge in [-0.25, -0.2) is 0 Å². The summed E-state index contributed by atoms with van der Waals surface area (Å²) in [4.78, 5) is 0. The molecule has 21 heavy (non-hydrogen) atoms. The highest BCUT2D eigenvalue weighted by molar-refractivity contribution is 6.48. The van der Waals surface area contributed by atoms with Crippen LogP contribution in [0.4, 0.5) is 0 Å². The summed E-state index contributed by atoms with van der Waals surface area (Å²) in [5.41, 5.74) is 2.69. The molecule has 0 aromatic heterocycles. The fourth-order valence-electron chi connectivity index (χ4n) is 2.28. The van der Waals surface area contributed by atoms with Gasteiger partial charge >= 0.3 is 0 Å². The molecule has 0 spiro atoms. The summed E-state index contributed by atoms with van der Waals surface area (Å²) in [5.74, 6) is 0. The van der Waals surface area contributed by atoms with E-state index in [2.05, 4.69) is 17.2 Å². The van der Waals surface area contributed by atoms with E-state index in [1.807, 2.05) is 31.2 Å². The number of nitrogens with zero attached hydrogens (tertiary/aromatic N) is 2. The molecule has 0 saturated carbocycles. The van der Waals surface area contributed by atoms with Gasteiger partial charge in [0, 0.05) is 5.56 Å². The molecule has 0 atom stereocenters. The maximum Gasteiger partial charge on any atom is 0.134 e. The highest BCUT2D eigenvalue weighted by Crippen LogP contribution is 2.12. The molecule has 0 heterocycles. The van der Waals surface area contributed by atoms with Crippen molar-refractivity contribution in [2.75, 3.05) is 0 Å². The SMILES string of the molecule is CCCCCCCCC(=N/O)/C(=N\O)c1ccc(C)cc1. The molecule has 2 N–H and O–H groups in total. The molecule has 0 aliphatic heterocycles.